The fraction of sp³-hybridized carbons (Fsp3) is 0.351. The van der Waals surface area contributed by atoms with Crippen LogP contribution in [0.3, 0.4) is 0 Å². The number of carbonyl (C=O) groups excluding carboxylic acids is 4. The first kappa shape index (κ1) is 37.9. The van der Waals surface area contributed by atoms with E-state index in [1.165, 1.54) is 7.11 Å². The average molecular weight is 699 g/mol. The molecule has 51 heavy (non-hydrogen) atoms. The fourth-order valence-electron chi connectivity index (χ4n) is 5.96. The average Bonchev–Trinajstić information content (AvgIpc) is 3.10. The van der Waals surface area contributed by atoms with E-state index in [1.54, 1.807) is 6.07 Å². The van der Waals surface area contributed by atoms with Crippen LogP contribution in [0.1, 0.15) is 55.3 Å². The summed E-state index contributed by atoms with van der Waals surface area (Å²) in [6.45, 7) is 0.912. The predicted octanol–water partition coefficient (Wildman–Crippen LogP) is 2.16. The number of anilines is 2. The van der Waals surface area contributed by atoms with Crippen LogP contribution in [0.15, 0.2) is 65.7 Å². The van der Waals surface area contributed by atoms with Crippen LogP contribution in [0.5, 0.6) is 0 Å². The number of ether oxygens (including phenoxy) is 1. The molecule has 1 atom stereocenters. The van der Waals surface area contributed by atoms with Gasteiger partial charge < -0.3 is 43.6 Å². The highest BCUT2D eigenvalue weighted by molar-refractivity contribution is 6.10. The molecule has 1 unspecified atom stereocenters. The summed E-state index contributed by atoms with van der Waals surface area (Å²) in [6, 6.07) is 18.4. The summed E-state index contributed by atoms with van der Waals surface area (Å²) in [5.41, 5.74) is 27.5. The van der Waals surface area contributed by atoms with Crippen molar-refractivity contribution in [3.8, 4) is 11.3 Å². The van der Waals surface area contributed by atoms with Gasteiger partial charge in [0.25, 0.3) is 5.91 Å². The highest BCUT2D eigenvalue weighted by Crippen LogP contribution is 2.33. The number of aryl methyl sites for hydroxylation is 1. The number of nitrogens with one attached hydrogen (secondary N) is 3. The molecular formula is C37H48N9O5+. The summed E-state index contributed by atoms with van der Waals surface area (Å²) in [7, 11) is 3.22. The zero-order valence-corrected chi connectivity index (χ0v) is 29.2. The zero-order valence-electron chi connectivity index (χ0n) is 29.2. The first-order chi connectivity index (χ1) is 24.5. The van der Waals surface area contributed by atoms with Gasteiger partial charge in [0.05, 0.1) is 17.9 Å². The van der Waals surface area contributed by atoms with Gasteiger partial charge in [-0.25, -0.2) is 4.79 Å². The van der Waals surface area contributed by atoms with Crippen LogP contribution in [0, 0.1) is 0 Å². The topological polar surface area (TPSA) is 234 Å². The van der Waals surface area contributed by atoms with E-state index in [2.05, 4.69) is 25.5 Å². The third-order valence-corrected chi connectivity index (χ3v) is 8.51. The summed E-state index contributed by atoms with van der Waals surface area (Å²) in [5, 5.41) is 11.4. The first-order valence-electron chi connectivity index (χ1n) is 17.0. The lowest BCUT2D eigenvalue weighted by Crippen LogP contribution is -2.42. The van der Waals surface area contributed by atoms with E-state index in [0.29, 0.717) is 62.1 Å². The molecule has 3 amide bonds. The Hall–Kier alpha value is -5.92. The van der Waals surface area contributed by atoms with E-state index in [0.717, 1.165) is 39.4 Å². The third kappa shape index (κ3) is 10.5. The molecule has 0 radical (unpaired) electrons. The fourth-order valence-corrected chi connectivity index (χ4v) is 5.96. The van der Waals surface area contributed by atoms with Gasteiger partial charge in [-0.2, -0.15) is 4.57 Å². The van der Waals surface area contributed by atoms with Gasteiger partial charge in [0.2, 0.25) is 23.0 Å². The Morgan fingerprint density at radius 3 is 2.29 bits per heavy atom. The molecule has 14 nitrogen and oxygen atoms in total. The number of guanidine groups is 1. The number of carbonyl (C=O) groups is 4. The molecule has 0 aliphatic rings. The number of nitrogen functional groups attached to an aromatic ring is 2. The number of esters is 1. The Morgan fingerprint density at radius 2 is 1.55 bits per heavy atom. The maximum atomic E-state index is 13.1. The van der Waals surface area contributed by atoms with Crippen molar-refractivity contribution in [2.75, 3.05) is 38.2 Å². The smallest absolute Gasteiger partial charge is 0.328 e. The van der Waals surface area contributed by atoms with Crippen LogP contribution in [0.2, 0.25) is 0 Å². The lowest BCUT2D eigenvalue weighted by molar-refractivity contribution is -0.632. The van der Waals surface area contributed by atoms with Crippen molar-refractivity contribution in [2.24, 2.45) is 23.5 Å². The number of aromatic nitrogens is 1. The van der Waals surface area contributed by atoms with E-state index in [1.807, 2.05) is 61.6 Å². The molecule has 0 bridgehead atoms. The number of benzene rings is 3. The van der Waals surface area contributed by atoms with Gasteiger partial charge in [-0.05, 0) is 68.1 Å². The van der Waals surface area contributed by atoms with Crippen LogP contribution in [-0.2, 0) is 26.2 Å². The van der Waals surface area contributed by atoms with Gasteiger partial charge in [0, 0.05) is 66.4 Å². The second-order valence-corrected chi connectivity index (χ2v) is 12.3. The lowest BCUT2D eigenvalue weighted by Gasteiger charge is -2.16. The summed E-state index contributed by atoms with van der Waals surface area (Å²) < 4.78 is 6.84. The van der Waals surface area contributed by atoms with Crippen LogP contribution in [0.4, 0.5) is 11.4 Å². The second-order valence-electron chi connectivity index (χ2n) is 12.3. The van der Waals surface area contributed by atoms with Gasteiger partial charge in [-0.3, -0.25) is 19.4 Å². The number of unbranched alkanes of at least 4 members (excludes halogenated alkanes) is 2. The molecule has 0 saturated carbocycles. The molecule has 0 fully saturated rings. The van der Waals surface area contributed by atoms with Crippen LogP contribution < -0.4 is 43.5 Å². The van der Waals surface area contributed by atoms with Crippen LogP contribution in [-0.4, -0.2) is 62.4 Å². The number of amides is 3. The maximum absolute atomic E-state index is 13.1. The first-order valence-corrected chi connectivity index (χ1v) is 17.0. The zero-order chi connectivity index (χ0) is 36.9. The van der Waals surface area contributed by atoms with Crippen LogP contribution >= 0.6 is 0 Å². The number of nitrogens with zero attached hydrogens (tertiary/aromatic N) is 2. The van der Waals surface area contributed by atoms with Crippen LogP contribution in [0.25, 0.3) is 32.9 Å². The molecule has 0 aliphatic carbocycles. The van der Waals surface area contributed by atoms with Crippen molar-refractivity contribution in [1.29, 1.82) is 0 Å². The van der Waals surface area contributed by atoms with Crippen molar-refractivity contribution < 1.29 is 28.5 Å². The second kappa shape index (κ2) is 18.2. The van der Waals surface area contributed by atoms with Gasteiger partial charge in [-0.15, -0.1) is 0 Å². The highest BCUT2D eigenvalue weighted by atomic mass is 16.5. The van der Waals surface area contributed by atoms with Gasteiger partial charge >= 0.3 is 5.97 Å². The molecular weight excluding hydrogens is 650 g/mol. The molecule has 270 valence electrons. The van der Waals surface area contributed by atoms with E-state index in [4.69, 9.17) is 27.7 Å². The van der Waals surface area contributed by atoms with Crippen molar-refractivity contribution in [3.05, 3.63) is 66.2 Å². The molecule has 11 N–H and O–H groups in total. The molecule has 1 aromatic heterocycles. The molecule has 4 aromatic rings. The van der Waals surface area contributed by atoms with E-state index >= 15 is 0 Å². The van der Waals surface area contributed by atoms with Gasteiger partial charge in [0.15, 0.2) is 5.96 Å². The molecule has 3 aromatic carbocycles. The standard InChI is InChI=1S/C37H47N9O5/c1-46-31-22-26(39)13-15-28(31)27-14-12-25(38)21-29(27)34(46)23-8-6-9-24(20-23)35(49)43-17-5-3-4-11-32(47)42-19-16-33(48)45-30(36(50)51-2)10-7-18-44-37(40)41/h6,8-9,12-15,20-22,30,39H,3-5,7,10-11,16-19,38H2,1-2H3,(H7,40,41,42,43,44,45,47,48,49)/p+1. The van der Waals surface area contributed by atoms with E-state index < -0.39 is 12.0 Å². The van der Waals surface area contributed by atoms with Crippen molar-refractivity contribution in [1.82, 2.24) is 16.0 Å². The Labute approximate surface area is 297 Å². The number of hydrogen-bond acceptors (Lipinski definition) is 8. The molecule has 1 heterocycles. The number of aliphatic imine (C=N–C) groups is 1. The van der Waals surface area contributed by atoms with Crippen molar-refractivity contribution >= 4 is 62.7 Å². The van der Waals surface area contributed by atoms with E-state index in [-0.39, 0.29) is 36.6 Å². The minimum atomic E-state index is -0.829. The summed E-state index contributed by atoms with van der Waals surface area (Å²) >= 11 is 0. The number of fused-ring (bicyclic) bond motifs is 3. The SMILES string of the molecule is COC(=O)C(CCCN=C(N)N)NC(=O)CCNC(=O)CCCCCNC(=O)c1cccc(-c2c3cc(N)ccc3c3ccc(N)cc3[n+]2C)c1. The number of pyridine rings is 1. The monoisotopic (exact) mass is 698 g/mol. The highest BCUT2D eigenvalue weighted by Gasteiger charge is 2.23. The summed E-state index contributed by atoms with van der Waals surface area (Å²) in [6.07, 6.45) is 3.15. The minimum absolute atomic E-state index is 0.0123. The number of methoxy groups -OCH3 is 1. The Bertz CT molecular complexity index is 1920. The third-order valence-electron chi connectivity index (χ3n) is 8.51. The normalized spacial score (nSPS) is 11.5. The van der Waals surface area contributed by atoms with Gasteiger partial charge in [-0.1, -0.05) is 18.6 Å². The molecule has 0 spiro atoms. The molecule has 0 saturated heterocycles. The molecule has 14 heteroatoms. The number of hydrogen-bond donors (Lipinski definition) is 7. The Kier molecular flexibility index (Phi) is 13.5. The van der Waals surface area contributed by atoms with Gasteiger partial charge in [0.1, 0.15) is 13.1 Å². The lowest BCUT2D eigenvalue weighted by atomic mass is 9.97. The van der Waals surface area contributed by atoms with Crippen molar-refractivity contribution in [2.45, 2.75) is 51.0 Å². The Morgan fingerprint density at radius 1 is 0.804 bits per heavy atom. The Balaban J connectivity index is 1.21. The van der Waals surface area contributed by atoms with E-state index in [9.17, 15) is 19.2 Å². The quantitative estimate of drug-likeness (QED) is 0.0163. The van der Waals surface area contributed by atoms with Crippen molar-refractivity contribution in [3.63, 3.8) is 0 Å². The maximum Gasteiger partial charge on any atom is 0.328 e. The largest absolute Gasteiger partial charge is 0.467 e. The summed E-state index contributed by atoms with van der Waals surface area (Å²) in [4.78, 5) is 53.6. The molecule has 4 rings (SSSR count). The number of rotatable bonds is 17. The minimum Gasteiger partial charge on any atom is -0.467 e. The summed E-state index contributed by atoms with van der Waals surface area (Å²) in [5.74, 6) is -1.36. The predicted molar refractivity (Wildman–Crippen MR) is 199 cm³/mol. The molecule has 0 aliphatic heterocycles. The number of nitrogens with two attached hydrogens (primary N) is 4.